The first-order valence-corrected chi connectivity index (χ1v) is 8.87. The van der Waals surface area contributed by atoms with Crippen LogP contribution in [-0.4, -0.2) is 12.1 Å². The average molecular weight is 381 g/mol. The van der Waals surface area contributed by atoms with Gasteiger partial charge in [-0.05, 0) is 34.4 Å². The Morgan fingerprint density at radius 3 is 2.15 bits per heavy atom. The summed E-state index contributed by atoms with van der Waals surface area (Å²) in [6.45, 7) is 0. The maximum Gasteiger partial charge on any atom is 0.252 e. The van der Waals surface area contributed by atoms with Crippen LogP contribution in [0.3, 0.4) is 0 Å². The van der Waals surface area contributed by atoms with Gasteiger partial charge in [0.1, 0.15) is 0 Å². The number of fused-ring (bicyclic) bond motifs is 3. The molecule has 128 valence electrons. The molecule has 0 saturated carbocycles. The van der Waals surface area contributed by atoms with Gasteiger partial charge in [-0.2, -0.15) is 5.10 Å². The van der Waals surface area contributed by atoms with E-state index in [1.807, 2.05) is 48.5 Å². The van der Waals surface area contributed by atoms with Gasteiger partial charge in [0.2, 0.25) is 0 Å². The molecule has 4 rings (SSSR count). The van der Waals surface area contributed by atoms with E-state index in [0.29, 0.717) is 15.6 Å². The number of hydrazone groups is 1. The van der Waals surface area contributed by atoms with Crippen molar-refractivity contribution < 1.29 is 4.79 Å². The molecule has 0 atom stereocenters. The highest BCUT2D eigenvalue weighted by Crippen LogP contribution is 2.44. The van der Waals surface area contributed by atoms with Crippen LogP contribution in [-0.2, 0) is 4.79 Å². The quantitative estimate of drug-likeness (QED) is 0.488. The Hall–Kier alpha value is -2.62. The van der Waals surface area contributed by atoms with Crippen molar-refractivity contribution in [2.45, 2.75) is 5.92 Å². The lowest BCUT2D eigenvalue weighted by atomic mass is 9.96. The molecule has 26 heavy (non-hydrogen) atoms. The molecule has 0 unspecified atom stereocenters. The van der Waals surface area contributed by atoms with Crippen LogP contribution in [0.2, 0.25) is 10.0 Å². The summed E-state index contributed by atoms with van der Waals surface area (Å²) in [5, 5.41) is 5.10. The van der Waals surface area contributed by atoms with Crippen molar-refractivity contribution in [1.29, 1.82) is 0 Å². The van der Waals surface area contributed by atoms with E-state index in [9.17, 15) is 4.79 Å². The number of amides is 1. The van der Waals surface area contributed by atoms with Crippen LogP contribution in [0.4, 0.5) is 0 Å². The zero-order chi connectivity index (χ0) is 18.1. The second-order valence-corrected chi connectivity index (χ2v) is 6.85. The van der Waals surface area contributed by atoms with Crippen LogP contribution >= 0.6 is 23.2 Å². The third kappa shape index (κ3) is 3.00. The molecule has 0 spiro atoms. The SMILES string of the molecule is O=C(N/N=C/c1ccc(Cl)cc1Cl)C1c2ccccc2-c2ccccc21. The smallest absolute Gasteiger partial charge is 0.252 e. The van der Waals surface area contributed by atoms with Crippen molar-refractivity contribution in [2.24, 2.45) is 5.10 Å². The molecule has 3 aromatic rings. The lowest BCUT2D eigenvalue weighted by Crippen LogP contribution is -2.25. The van der Waals surface area contributed by atoms with E-state index in [4.69, 9.17) is 23.2 Å². The highest BCUT2D eigenvalue weighted by atomic mass is 35.5. The Kier molecular flexibility index (Phi) is 4.49. The van der Waals surface area contributed by atoms with Crippen LogP contribution in [0.5, 0.6) is 0 Å². The molecular weight excluding hydrogens is 367 g/mol. The summed E-state index contributed by atoms with van der Waals surface area (Å²) in [7, 11) is 0. The molecule has 0 bridgehead atoms. The van der Waals surface area contributed by atoms with Crippen LogP contribution in [0, 0.1) is 0 Å². The standard InChI is InChI=1S/C21H14Cl2N2O/c22-14-10-9-13(19(23)11-14)12-24-25-21(26)20-17-7-3-1-5-15(17)16-6-2-4-8-18(16)20/h1-12,20H,(H,25,26)/b24-12+. The molecule has 0 heterocycles. The zero-order valence-corrected chi connectivity index (χ0v) is 15.1. The topological polar surface area (TPSA) is 41.5 Å². The van der Waals surface area contributed by atoms with Crippen molar-refractivity contribution in [3.63, 3.8) is 0 Å². The first kappa shape index (κ1) is 16.8. The monoisotopic (exact) mass is 380 g/mol. The minimum atomic E-state index is -0.375. The maximum absolute atomic E-state index is 12.8. The Morgan fingerprint density at radius 1 is 0.923 bits per heavy atom. The zero-order valence-electron chi connectivity index (χ0n) is 13.6. The number of hydrogen-bond donors (Lipinski definition) is 1. The van der Waals surface area contributed by atoms with Gasteiger partial charge in [-0.15, -0.1) is 0 Å². The highest BCUT2D eigenvalue weighted by Gasteiger charge is 2.33. The summed E-state index contributed by atoms with van der Waals surface area (Å²) in [5.74, 6) is -0.552. The van der Waals surface area contributed by atoms with E-state index in [1.165, 1.54) is 6.21 Å². The molecule has 3 nitrogen and oxygen atoms in total. The second kappa shape index (κ2) is 6.94. The van der Waals surface area contributed by atoms with Gasteiger partial charge in [-0.3, -0.25) is 4.79 Å². The molecule has 1 aliphatic rings. The summed E-state index contributed by atoms with van der Waals surface area (Å²) in [6, 6.07) is 21.0. The normalized spacial score (nSPS) is 12.8. The molecule has 0 aliphatic heterocycles. The summed E-state index contributed by atoms with van der Waals surface area (Å²) in [5.41, 5.74) is 7.48. The number of benzene rings is 3. The Morgan fingerprint density at radius 2 is 1.54 bits per heavy atom. The fourth-order valence-electron chi connectivity index (χ4n) is 3.27. The number of carbonyl (C=O) groups excluding carboxylic acids is 1. The summed E-state index contributed by atoms with van der Waals surface area (Å²) >= 11 is 12.0. The predicted octanol–water partition coefficient (Wildman–Crippen LogP) is 5.26. The second-order valence-electron chi connectivity index (χ2n) is 6.01. The van der Waals surface area contributed by atoms with Crippen molar-refractivity contribution in [3.8, 4) is 11.1 Å². The van der Waals surface area contributed by atoms with Gasteiger partial charge in [-0.25, -0.2) is 5.43 Å². The summed E-state index contributed by atoms with van der Waals surface area (Å²) < 4.78 is 0. The Balaban J connectivity index is 1.60. The minimum absolute atomic E-state index is 0.177. The fraction of sp³-hybridized carbons (Fsp3) is 0.0476. The highest BCUT2D eigenvalue weighted by molar-refractivity contribution is 6.36. The lowest BCUT2D eigenvalue weighted by molar-refractivity contribution is -0.121. The number of rotatable bonds is 3. The third-order valence-electron chi connectivity index (χ3n) is 4.44. The van der Waals surface area contributed by atoms with Gasteiger partial charge < -0.3 is 0 Å². The molecule has 3 aromatic carbocycles. The molecule has 1 amide bonds. The van der Waals surface area contributed by atoms with Crippen LogP contribution in [0.1, 0.15) is 22.6 Å². The first-order valence-electron chi connectivity index (χ1n) is 8.11. The first-order chi connectivity index (χ1) is 12.6. The fourth-order valence-corrected chi connectivity index (χ4v) is 3.73. The van der Waals surface area contributed by atoms with E-state index >= 15 is 0 Å². The van der Waals surface area contributed by atoms with Crippen LogP contribution < -0.4 is 5.43 Å². The summed E-state index contributed by atoms with van der Waals surface area (Å²) in [6.07, 6.45) is 1.52. The Labute approximate surface area is 161 Å². The van der Waals surface area contributed by atoms with E-state index in [2.05, 4.69) is 10.5 Å². The molecule has 0 saturated heterocycles. The molecule has 1 N–H and O–H groups in total. The van der Waals surface area contributed by atoms with Crippen LogP contribution in [0.25, 0.3) is 11.1 Å². The van der Waals surface area contributed by atoms with Gasteiger partial charge in [0.15, 0.2) is 0 Å². The van der Waals surface area contributed by atoms with E-state index in [-0.39, 0.29) is 11.8 Å². The number of nitrogens with one attached hydrogen (secondary N) is 1. The van der Waals surface area contributed by atoms with Gasteiger partial charge in [0.25, 0.3) is 5.91 Å². The molecule has 1 aliphatic carbocycles. The van der Waals surface area contributed by atoms with Gasteiger partial charge >= 0.3 is 0 Å². The number of nitrogens with zero attached hydrogens (tertiary/aromatic N) is 1. The predicted molar refractivity (Wildman–Crippen MR) is 106 cm³/mol. The van der Waals surface area contributed by atoms with Gasteiger partial charge in [0, 0.05) is 10.6 Å². The van der Waals surface area contributed by atoms with Crippen molar-refractivity contribution >= 4 is 35.3 Å². The number of carbonyl (C=O) groups is 1. The average Bonchev–Trinajstić information content (AvgIpc) is 2.98. The van der Waals surface area contributed by atoms with E-state index < -0.39 is 0 Å². The molecular formula is C21H14Cl2N2O. The minimum Gasteiger partial charge on any atom is -0.272 e. The van der Waals surface area contributed by atoms with Crippen LogP contribution in [0.15, 0.2) is 71.8 Å². The summed E-state index contributed by atoms with van der Waals surface area (Å²) in [4.78, 5) is 12.8. The van der Waals surface area contributed by atoms with Crippen molar-refractivity contribution in [3.05, 3.63) is 93.5 Å². The van der Waals surface area contributed by atoms with E-state index in [0.717, 1.165) is 22.3 Å². The van der Waals surface area contributed by atoms with E-state index in [1.54, 1.807) is 18.2 Å². The largest absolute Gasteiger partial charge is 0.272 e. The van der Waals surface area contributed by atoms with Crippen molar-refractivity contribution in [2.75, 3.05) is 0 Å². The third-order valence-corrected chi connectivity index (χ3v) is 5.00. The van der Waals surface area contributed by atoms with Gasteiger partial charge in [-0.1, -0.05) is 77.8 Å². The molecule has 0 radical (unpaired) electrons. The molecule has 0 fully saturated rings. The van der Waals surface area contributed by atoms with Gasteiger partial charge in [0.05, 0.1) is 17.2 Å². The lowest BCUT2D eigenvalue weighted by Gasteiger charge is -2.11. The maximum atomic E-state index is 12.8. The molecule has 0 aromatic heterocycles. The number of hydrogen-bond acceptors (Lipinski definition) is 2. The number of halogens is 2. The Bertz CT molecular complexity index is 985. The van der Waals surface area contributed by atoms with Crippen molar-refractivity contribution in [1.82, 2.24) is 5.43 Å². The molecule has 5 heteroatoms.